The van der Waals surface area contributed by atoms with Crippen LogP contribution in [-0.2, 0) is 0 Å². The van der Waals surface area contributed by atoms with E-state index in [1.165, 1.54) is 0 Å². The van der Waals surface area contributed by atoms with Crippen LogP contribution in [0.5, 0.6) is 0 Å². The molecule has 0 aliphatic rings. The van der Waals surface area contributed by atoms with Gasteiger partial charge in [-0.05, 0) is 0 Å². The first-order valence-corrected chi connectivity index (χ1v) is 6.13. The SMILES string of the molecule is CC(Br)(Br)[PH](C#N)(C#N)C#N. The topological polar surface area (TPSA) is 71.4 Å². The number of alkyl halides is 2. The normalized spacial score (nSPS) is 12.4. The Hall–Kier alpha value is -0.140. The van der Waals surface area contributed by atoms with Crippen molar-refractivity contribution in [2.45, 2.75) is 9.90 Å². The summed E-state index contributed by atoms with van der Waals surface area (Å²) in [5, 5.41) is 25.9. The summed E-state index contributed by atoms with van der Waals surface area (Å²) >= 11 is 6.19. The average Bonchev–Trinajstić information content (AvgIpc) is 1.90. The van der Waals surface area contributed by atoms with Crippen LogP contribution in [-0.4, -0.2) is 2.97 Å². The van der Waals surface area contributed by atoms with Crippen molar-refractivity contribution in [3.05, 3.63) is 0 Å². The van der Waals surface area contributed by atoms with Crippen molar-refractivity contribution >= 4 is 39.1 Å². The summed E-state index contributed by atoms with van der Waals surface area (Å²) in [7, 11) is -3.17. The van der Waals surface area contributed by atoms with E-state index in [0.717, 1.165) is 0 Å². The number of hydrogen-bond donors (Lipinski definition) is 0. The molecular weight excluding hydrogens is 293 g/mol. The number of rotatable bonds is 1. The van der Waals surface area contributed by atoms with Gasteiger partial charge in [-0.3, -0.25) is 0 Å². The van der Waals surface area contributed by atoms with Crippen molar-refractivity contribution in [1.82, 2.24) is 0 Å². The molecule has 0 bridgehead atoms. The van der Waals surface area contributed by atoms with E-state index in [1.54, 1.807) is 24.4 Å². The molecule has 0 N–H and O–H groups in total. The van der Waals surface area contributed by atoms with Crippen LogP contribution in [0.15, 0.2) is 0 Å². The molecule has 0 fully saturated rings. The second-order valence-electron chi connectivity index (χ2n) is 1.97. The first-order chi connectivity index (χ1) is 4.93. The van der Waals surface area contributed by atoms with E-state index in [4.69, 9.17) is 15.8 Å². The van der Waals surface area contributed by atoms with Gasteiger partial charge in [0, 0.05) is 0 Å². The Morgan fingerprint density at radius 3 is 1.36 bits per heavy atom. The van der Waals surface area contributed by atoms with Gasteiger partial charge in [-0.1, -0.05) is 0 Å². The summed E-state index contributed by atoms with van der Waals surface area (Å²) in [6, 6.07) is 0. The van der Waals surface area contributed by atoms with E-state index < -0.39 is 10.2 Å². The quantitative estimate of drug-likeness (QED) is 0.551. The molecule has 0 aromatic carbocycles. The molecule has 0 unspecified atom stereocenters. The molecule has 0 aromatic heterocycles. The molecule has 0 aliphatic heterocycles. The van der Waals surface area contributed by atoms with E-state index in [9.17, 15) is 0 Å². The fourth-order valence-corrected chi connectivity index (χ4v) is 2.70. The first kappa shape index (κ1) is 10.9. The van der Waals surface area contributed by atoms with Gasteiger partial charge < -0.3 is 0 Å². The molecular formula is C5H4Br2N3P. The van der Waals surface area contributed by atoms with Crippen molar-refractivity contribution in [2.75, 3.05) is 0 Å². The summed E-state index contributed by atoms with van der Waals surface area (Å²) in [6.45, 7) is 1.59. The van der Waals surface area contributed by atoms with Crippen LogP contribution in [0.4, 0.5) is 0 Å². The molecule has 0 rings (SSSR count). The third-order valence-corrected chi connectivity index (χ3v) is 7.05. The predicted octanol–water partition coefficient (Wildman–Crippen LogP) is 2.64. The van der Waals surface area contributed by atoms with Gasteiger partial charge in [-0.25, -0.2) is 0 Å². The molecule has 0 amide bonds. The van der Waals surface area contributed by atoms with Crippen molar-refractivity contribution in [2.24, 2.45) is 0 Å². The van der Waals surface area contributed by atoms with E-state index in [1.807, 2.05) is 0 Å². The molecule has 0 saturated heterocycles. The average molecular weight is 297 g/mol. The minimum atomic E-state index is -3.17. The predicted molar refractivity (Wildman–Crippen MR) is 51.4 cm³/mol. The van der Waals surface area contributed by atoms with Gasteiger partial charge in [0.2, 0.25) is 0 Å². The Kier molecular flexibility index (Phi) is 3.46. The van der Waals surface area contributed by atoms with Crippen LogP contribution in [0.1, 0.15) is 6.92 Å². The second kappa shape index (κ2) is 3.51. The molecule has 0 saturated carbocycles. The first-order valence-electron chi connectivity index (χ1n) is 2.55. The molecule has 0 heterocycles. The Morgan fingerprint density at radius 2 is 1.36 bits per heavy atom. The van der Waals surface area contributed by atoms with E-state index in [0.29, 0.717) is 0 Å². The van der Waals surface area contributed by atoms with Crippen LogP contribution in [0.25, 0.3) is 0 Å². The van der Waals surface area contributed by atoms with Gasteiger partial charge in [0.15, 0.2) is 0 Å². The van der Waals surface area contributed by atoms with Crippen molar-refractivity contribution in [3.8, 4) is 17.4 Å². The van der Waals surface area contributed by atoms with Gasteiger partial charge >= 0.3 is 82.2 Å². The Balaban J connectivity index is 5.16. The number of hydrogen-bond acceptors (Lipinski definition) is 3. The third-order valence-electron chi connectivity index (χ3n) is 1.16. The Labute approximate surface area is 82.2 Å². The molecule has 0 atom stereocenters. The van der Waals surface area contributed by atoms with Crippen LogP contribution in [0.2, 0.25) is 0 Å². The molecule has 3 nitrogen and oxygen atoms in total. The molecule has 0 radical (unpaired) electrons. The van der Waals surface area contributed by atoms with E-state index in [-0.39, 0.29) is 0 Å². The summed E-state index contributed by atoms with van der Waals surface area (Å²) < 4.78 is -0.856. The summed E-state index contributed by atoms with van der Waals surface area (Å²) in [5.74, 6) is 5.33. The Bertz CT molecular complexity index is 238. The minimum absolute atomic E-state index is 0.856. The zero-order valence-corrected chi connectivity index (χ0v) is 9.77. The summed E-state index contributed by atoms with van der Waals surface area (Å²) in [6.07, 6.45) is 0. The van der Waals surface area contributed by atoms with E-state index >= 15 is 0 Å². The molecule has 6 heteroatoms. The van der Waals surface area contributed by atoms with Crippen molar-refractivity contribution in [3.63, 3.8) is 0 Å². The van der Waals surface area contributed by atoms with Crippen LogP contribution in [0.3, 0.4) is 0 Å². The number of nitrogens with zero attached hydrogens (tertiary/aromatic N) is 3. The van der Waals surface area contributed by atoms with Crippen LogP contribution in [0, 0.1) is 33.2 Å². The van der Waals surface area contributed by atoms with Gasteiger partial charge in [0.25, 0.3) is 0 Å². The zero-order chi connectivity index (χ0) is 9.12. The summed E-state index contributed by atoms with van der Waals surface area (Å²) in [5.41, 5.74) is 0. The zero-order valence-electron chi connectivity index (χ0n) is 5.60. The molecule has 58 valence electrons. The third kappa shape index (κ3) is 1.91. The van der Waals surface area contributed by atoms with Gasteiger partial charge in [-0.2, -0.15) is 0 Å². The monoisotopic (exact) mass is 295 g/mol. The Morgan fingerprint density at radius 1 is 1.09 bits per heavy atom. The van der Waals surface area contributed by atoms with Crippen LogP contribution < -0.4 is 0 Å². The van der Waals surface area contributed by atoms with Crippen LogP contribution >= 0.6 is 39.1 Å². The number of nitriles is 3. The summed E-state index contributed by atoms with van der Waals surface area (Å²) in [4.78, 5) is 0. The molecule has 0 aliphatic carbocycles. The van der Waals surface area contributed by atoms with Gasteiger partial charge in [-0.15, -0.1) is 0 Å². The fourth-order valence-electron chi connectivity index (χ4n) is 0.369. The maximum absolute atomic E-state index is 8.62. The fraction of sp³-hybridized carbons (Fsp3) is 0.400. The standard InChI is InChI=1S/C5H4Br2N3P/c1-5(6,7)11(2-8,3-9)4-10/h11H,1H3. The van der Waals surface area contributed by atoms with E-state index in [2.05, 4.69) is 31.9 Å². The van der Waals surface area contributed by atoms with Crippen molar-refractivity contribution in [1.29, 1.82) is 15.8 Å². The molecule has 0 aromatic rings. The number of halogens is 2. The van der Waals surface area contributed by atoms with Gasteiger partial charge in [0.1, 0.15) is 0 Å². The van der Waals surface area contributed by atoms with Gasteiger partial charge in [0.05, 0.1) is 0 Å². The van der Waals surface area contributed by atoms with Crippen molar-refractivity contribution < 1.29 is 0 Å². The second-order valence-corrected chi connectivity index (χ2v) is 10.8. The maximum atomic E-state index is 8.62. The molecule has 11 heavy (non-hydrogen) atoms. The molecule has 0 spiro atoms.